The zero-order valence-electron chi connectivity index (χ0n) is 15.3. The fourth-order valence-corrected chi connectivity index (χ4v) is 2.76. The van der Waals surface area contributed by atoms with Gasteiger partial charge in [-0.2, -0.15) is 0 Å². The molecule has 1 aromatic heterocycles. The topological polar surface area (TPSA) is 84.3 Å². The fourth-order valence-electron chi connectivity index (χ4n) is 2.76. The molecule has 0 aliphatic rings. The molecule has 0 aliphatic carbocycles. The first kappa shape index (κ1) is 19.2. The Morgan fingerprint density at radius 3 is 2.64 bits per heavy atom. The van der Waals surface area contributed by atoms with Crippen LogP contribution in [0.5, 0.6) is 0 Å². The van der Waals surface area contributed by atoms with Gasteiger partial charge in [-0.1, -0.05) is 24.3 Å². The van der Waals surface area contributed by atoms with Gasteiger partial charge in [0.15, 0.2) is 0 Å². The Bertz CT molecular complexity index is 1080. The minimum Gasteiger partial charge on any atom is -0.354 e. The van der Waals surface area contributed by atoms with Crippen LogP contribution in [-0.2, 0) is 16.1 Å². The molecule has 1 heterocycles. The molecule has 0 spiro atoms. The van der Waals surface area contributed by atoms with E-state index in [4.69, 9.17) is 0 Å². The summed E-state index contributed by atoms with van der Waals surface area (Å²) >= 11 is 0. The summed E-state index contributed by atoms with van der Waals surface area (Å²) in [5, 5.41) is 3.02. The molecule has 8 heteroatoms. The number of anilines is 1. The van der Waals surface area contributed by atoms with Gasteiger partial charge in [0.25, 0.3) is 5.56 Å². The highest BCUT2D eigenvalue weighted by Gasteiger charge is 2.15. The Kier molecular flexibility index (Phi) is 5.78. The van der Waals surface area contributed by atoms with Gasteiger partial charge in [0.05, 0.1) is 22.9 Å². The lowest BCUT2D eigenvalue weighted by atomic mass is 10.2. The quantitative estimate of drug-likeness (QED) is 0.703. The van der Waals surface area contributed by atoms with E-state index in [1.165, 1.54) is 35.0 Å². The van der Waals surface area contributed by atoms with Gasteiger partial charge < -0.3 is 10.2 Å². The lowest BCUT2D eigenvalue weighted by Gasteiger charge is -2.18. The van der Waals surface area contributed by atoms with E-state index in [0.717, 1.165) is 0 Å². The second-order valence-electron chi connectivity index (χ2n) is 6.20. The van der Waals surface area contributed by atoms with Gasteiger partial charge in [-0.15, -0.1) is 0 Å². The normalized spacial score (nSPS) is 10.6. The summed E-state index contributed by atoms with van der Waals surface area (Å²) in [5.74, 6) is -1.25. The van der Waals surface area contributed by atoms with E-state index >= 15 is 0 Å². The third-order valence-electron chi connectivity index (χ3n) is 4.29. The van der Waals surface area contributed by atoms with Crippen LogP contribution in [0.2, 0.25) is 0 Å². The van der Waals surface area contributed by atoms with Crippen LogP contribution in [0.25, 0.3) is 10.9 Å². The number of rotatable bonds is 6. The lowest BCUT2D eigenvalue weighted by molar-refractivity contribution is -0.122. The number of hydrogen-bond donors (Lipinski definition) is 1. The predicted molar refractivity (Wildman–Crippen MR) is 103 cm³/mol. The molecule has 0 saturated carbocycles. The van der Waals surface area contributed by atoms with Crippen molar-refractivity contribution in [3.05, 3.63) is 71.0 Å². The maximum atomic E-state index is 13.7. The van der Waals surface area contributed by atoms with Crippen molar-refractivity contribution in [1.29, 1.82) is 0 Å². The third kappa shape index (κ3) is 4.22. The number of hydrogen-bond acceptors (Lipinski definition) is 4. The molecule has 0 bridgehead atoms. The van der Waals surface area contributed by atoms with Gasteiger partial charge in [-0.3, -0.25) is 19.0 Å². The number of carbonyl (C=O) groups excluding carboxylic acids is 2. The van der Waals surface area contributed by atoms with Crippen molar-refractivity contribution < 1.29 is 14.0 Å². The Morgan fingerprint density at radius 2 is 1.86 bits per heavy atom. The number of carbonyl (C=O) groups is 2. The van der Waals surface area contributed by atoms with Gasteiger partial charge in [0.1, 0.15) is 12.4 Å². The van der Waals surface area contributed by atoms with Crippen molar-refractivity contribution in [3.8, 4) is 0 Å². The molecule has 0 atom stereocenters. The van der Waals surface area contributed by atoms with Crippen molar-refractivity contribution in [2.75, 3.05) is 18.5 Å². The lowest BCUT2D eigenvalue weighted by Crippen LogP contribution is -2.35. The van der Waals surface area contributed by atoms with E-state index in [-0.39, 0.29) is 36.7 Å². The van der Waals surface area contributed by atoms with Crippen LogP contribution in [0.1, 0.15) is 6.42 Å². The first-order valence-corrected chi connectivity index (χ1v) is 8.69. The molecule has 7 nitrogen and oxygen atoms in total. The number of amides is 2. The highest BCUT2D eigenvalue weighted by Crippen LogP contribution is 2.17. The van der Waals surface area contributed by atoms with Crippen molar-refractivity contribution in [2.24, 2.45) is 0 Å². The molecule has 0 saturated heterocycles. The fraction of sp³-hybridized carbons (Fsp3) is 0.200. The van der Waals surface area contributed by atoms with Crippen LogP contribution in [0.3, 0.4) is 0 Å². The van der Waals surface area contributed by atoms with Crippen molar-refractivity contribution >= 4 is 28.4 Å². The number of halogens is 1. The molecule has 3 aromatic rings. The second kappa shape index (κ2) is 8.43. The average Bonchev–Trinajstić information content (AvgIpc) is 2.70. The van der Waals surface area contributed by atoms with Gasteiger partial charge >= 0.3 is 0 Å². The molecule has 2 amide bonds. The molecular formula is C20H19FN4O3. The molecule has 3 rings (SSSR count). The van der Waals surface area contributed by atoms with Crippen LogP contribution in [0.15, 0.2) is 59.7 Å². The van der Waals surface area contributed by atoms with E-state index < -0.39 is 11.7 Å². The van der Waals surface area contributed by atoms with Gasteiger partial charge in [-0.05, 0) is 24.3 Å². The molecule has 0 fully saturated rings. The van der Waals surface area contributed by atoms with Crippen LogP contribution in [0.4, 0.5) is 10.1 Å². The number of benzene rings is 2. The summed E-state index contributed by atoms with van der Waals surface area (Å²) in [7, 11) is 1.48. The molecule has 0 aliphatic heterocycles. The predicted octanol–water partition coefficient (Wildman–Crippen LogP) is 1.70. The first-order chi connectivity index (χ1) is 13.5. The SMILES string of the molecule is CN(C(=O)CCNC(=O)Cn1cnc2ccccc2c1=O)c1ccccc1F. The van der Waals surface area contributed by atoms with Crippen molar-refractivity contribution in [3.63, 3.8) is 0 Å². The minimum atomic E-state index is -0.495. The first-order valence-electron chi connectivity index (χ1n) is 8.69. The Hall–Kier alpha value is -3.55. The Labute approximate surface area is 160 Å². The maximum Gasteiger partial charge on any atom is 0.261 e. The average molecular weight is 382 g/mol. The smallest absolute Gasteiger partial charge is 0.261 e. The van der Waals surface area contributed by atoms with E-state index in [1.54, 1.807) is 36.4 Å². The summed E-state index contributed by atoms with van der Waals surface area (Å²) in [6.45, 7) is -0.125. The molecule has 2 aromatic carbocycles. The highest BCUT2D eigenvalue weighted by atomic mass is 19.1. The largest absolute Gasteiger partial charge is 0.354 e. The molecule has 1 N–H and O–H groups in total. The zero-order valence-corrected chi connectivity index (χ0v) is 15.3. The summed E-state index contributed by atoms with van der Waals surface area (Å²) in [4.78, 5) is 42.0. The van der Waals surface area contributed by atoms with Gasteiger partial charge in [0.2, 0.25) is 11.8 Å². The number of nitrogens with zero attached hydrogens (tertiary/aromatic N) is 3. The number of para-hydroxylation sites is 2. The Morgan fingerprint density at radius 1 is 1.14 bits per heavy atom. The van der Waals surface area contributed by atoms with Crippen LogP contribution in [-0.4, -0.2) is 35.0 Å². The van der Waals surface area contributed by atoms with Gasteiger partial charge in [0, 0.05) is 20.0 Å². The maximum absolute atomic E-state index is 13.7. The van der Waals surface area contributed by atoms with Crippen molar-refractivity contribution in [1.82, 2.24) is 14.9 Å². The number of nitrogens with one attached hydrogen (secondary N) is 1. The molecule has 0 radical (unpaired) electrons. The van der Waals surface area contributed by atoms with E-state index in [1.807, 2.05) is 0 Å². The second-order valence-corrected chi connectivity index (χ2v) is 6.20. The molecule has 0 unspecified atom stereocenters. The van der Waals surface area contributed by atoms with E-state index in [0.29, 0.717) is 10.9 Å². The summed E-state index contributed by atoms with van der Waals surface area (Å²) in [6.07, 6.45) is 1.32. The van der Waals surface area contributed by atoms with E-state index in [9.17, 15) is 18.8 Å². The summed E-state index contributed by atoms with van der Waals surface area (Å²) < 4.78 is 15.0. The molecular weight excluding hydrogens is 363 g/mol. The van der Waals surface area contributed by atoms with E-state index in [2.05, 4.69) is 10.3 Å². The standard InChI is InChI=1S/C20H19FN4O3/c1-24(17-9-5-3-7-15(17)21)19(27)10-11-22-18(26)12-25-13-23-16-8-4-2-6-14(16)20(25)28/h2-9,13H,10-12H2,1H3,(H,22,26). The summed E-state index contributed by atoms with van der Waals surface area (Å²) in [6, 6.07) is 12.8. The highest BCUT2D eigenvalue weighted by molar-refractivity contribution is 5.93. The van der Waals surface area contributed by atoms with Crippen LogP contribution in [0, 0.1) is 5.82 Å². The van der Waals surface area contributed by atoms with Crippen LogP contribution >= 0.6 is 0 Å². The number of fused-ring (bicyclic) bond motifs is 1. The Balaban J connectivity index is 1.55. The monoisotopic (exact) mass is 382 g/mol. The number of aromatic nitrogens is 2. The van der Waals surface area contributed by atoms with Crippen LogP contribution < -0.4 is 15.8 Å². The molecule has 28 heavy (non-hydrogen) atoms. The summed E-state index contributed by atoms with van der Waals surface area (Å²) in [5.41, 5.74) is 0.426. The van der Waals surface area contributed by atoms with Crippen molar-refractivity contribution in [2.45, 2.75) is 13.0 Å². The minimum absolute atomic E-state index is 0.00143. The van der Waals surface area contributed by atoms with Gasteiger partial charge in [-0.25, -0.2) is 9.37 Å². The molecule has 144 valence electrons. The third-order valence-corrected chi connectivity index (χ3v) is 4.29. The zero-order chi connectivity index (χ0) is 20.1.